The summed E-state index contributed by atoms with van der Waals surface area (Å²) in [5.74, 6) is -2.72. The maximum Gasteiger partial charge on any atom is 0.337 e. The van der Waals surface area contributed by atoms with E-state index >= 15 is 0 Å². The maximum absolute atomic E-state index is 12.2. The van der Waals surface area contributed by atoms with Gasteiger partial charge in [0, 0.05) is 10.6 Å². The number of benzene rings is 1. The van der Waals surface area contributed by atoms with Gasteiger partial charge in [0.25, 0.3) is 5.91 Å². The number of halogens is 1. The fraction of sp³-hybridized carbons (Fsp3) is 0.438. The van der Waals surface area contributed by atoms with Crippen LogP contribution in [0.15, 0.2) is 24.3 Å². The number of carbonyl (C=O) groups excluding carboxylic acids is 2. The number of carbonyl (C=O) groups is 3. The molecule has 0 spiro atoms. The Morgan fingerprint density at radius 1 is 1.21 bits per heavy atom. The van der Waals surface area contributed by atoms with E-state index in [2.05, 4.69) is 10.6 Å². The maximum atomic E-state index is 12.2. The first-order valence-electron chi connectivity index (χ1n) is 7.34. The van der Waals surface area contributed by atoms with Gasteiger partial charge in [-0.05, 0) is 37.1 Å². The van der Waals surface area contributed by atoms with Crippen LogP contribution in [0.3, 0.4) is 0 Å². The molecule has 132 valence electrons. The van der Waals surface area contributed by atoms with E-state index < -0.39 is 36.0 Å². The Morgan fingerprint density at radius 3 is 2.21 bits per heavy atom. The molecule has 0 aliphatic carbocycles. The second-order valence-electron chi connectivity index (χ2n) is 6.00. The number of rotatable bonds is 7. The van der Waals surface area contributed by atoms with Gasteiger partial charge in [-0.25, -0.2) is 4.79 Å². The SMILES string of the molecule is CC(C)C(NC(=O)c1ccc(Cl)cc1)C(=O)NCC(C)(O)C(=O)O. The zero-order valence-electron chi connectivity index (χ0n) is 13.7. The van der Waals surface area contributed by atoms with Crippen LogP contribution in [0.1, 0.15) is 31.1 Å². The largest absolute Gasteiger partial charge is 0.479 e. The van der Waals surface area contributed by atoms with E-state index in [9.17, 15) is 19.5 Å². The van der Waals surface area contributed by atoms with Gasteiger partial charge in [0.05, 0.1) is 6.54 Å². The molecule has 1 rings (SSSR count). The van der Waals surface area contributed by atoms with Crippen molar-refractivity contribution in [2.24, 2.45) is 5.92 Å². The number of hydrogen-bond acceptors (Lipinski definition) is 4. The van der Waals surface area contributed by atoms with Gasteiger partial charge in [0.1, 0.15) is 6.04 Å². The standard InChI is InChI=1S/C16H21ClN2O5/c1-9(2)12(14(21)18-8-16(3,24)15(22)23)19-13(20)10-4-6-11(17)7-5-10/h4-7,9,12,24H,8H2,1-3H3,(H,18,21)(H,19,20)(H,22,23). The van der Waals surface area contributed by atoms with Gasteiger partial charge in [0.2, 0.25) is 5.91 Å². The van der Waals surface area contributed by atoms with Crippen molar-refractivity contribution in [2.45, 2.75) is 32.4 Å². The van der Waals surface area contributed by atoms with Crippen LogP contribution in [0.5, 0.6) is 0 Å². The van der Waals surface area contributed by atoms with Gasteiger partial charge in [-0.1, -0.05) is 25.4 Å². The zero-order chi connectivity index (χ0) is 18.5. The number of amides is 2. The lowest BCUT2D eigenvalue weighted by molar-refractivity contribution is -0.156. The van der Waals surface area contributed by atoms with Gasteiger partial charge in [-0.3, -0.25) is 9.59 Å². The molecular weight excluding hydrogens is 336 g/mol. The van der Waals surface area contributed by atoms with Crippen molar-refractivity contribution in [1.29, 1.82) is 0 Å². The molecule has 7 nitrogen and oxygen atoms in total. The number of aliphatic carboxylic acids is 1. The summed E-state index contributed by atoms with van der Waals surface area (Å²) in [4.78, 5) is 35.3. The molecule has 4 N–H and O–H groups in total. The normalized spacial score (nSPS) is 14.6. The highest BCUT2D eigenvalue weighted by molar-refractivity contribution is 6.30. The third-order valence-corrected chi connectivity index (χ3v) is 3.66. The second-order valence-corrected chi connectivity index (χ2v) is 6.44. The van der Waals surface area contributed by atoms with Crippen LogP contribution in [0.2, 0.25) is 5.02 Å². The predicted molar refractivity (Wildman–Crippen MR) is 88.8 cm³/mol. The first kappa shape index (κ1) is 19.9. The van der Waals surface area contributed by atoms with Crippen molar-refractivity contribution < 1.29 is 24.6 Å². The topological polar surface area (TPSA) is 116 Å². The summed E-state index contributed by atoms with van der Waals surface area (Å²) < 4.78 is 0. The molecule has 0 fully saturated rings. The first-order valence-corrected chi connectivity index (χ1v) is 7.72. The first-order chi connectivity index (χ1) is 11.0. The molecule has 2 amide bonds. The Morgan fingerprint density at radius 2 is 1.75 bits per heavy atom. The van der Waals surface area contributed by atoms with Crippen molar-refractivity contribution in [3.8, 4) is 0 Å². The summed E-state index contributed by atoms with van der Waals surface area (Å²) in [6, 6.07) is 5.30. The molecule has 2 atom stereocenters. The fourth-order valence-corrected chi connectivity index (χ4v) is 1.93. The van der Waals surface area contributed by atoms with Gasteiger partial charge < -0.3 is 20.8 Å². The molecule has 0 saturated carbocycles. The van der Waals surface area contributed by atoms with Crippen LogP contribution in [-0.4, -0.2) is 46.2 Å². The summed E-state index contributed by atoms with van der Waals surface area (Å²) in [5, 5.41) is 23.9. The smallest absolute Gasteiger partial charge is 0.337 e. The number of carboxylic acid groups (broad SMARTS) is 1. The Hall–Kier alpha value is -2.12. The van der Waals surface area contributed by atoms with E-state index in [0.717, 1.165) is 6.92 Å². The van der Waals surface area contributed by atoms with Crippen molar-refractivity contribution in [3.05, 3.63) is 34.9 Å². The Balaban J connectivity index is 2.76. The van der Waals surface area contributed by atoms with Crippen molar-refractivity contribution in [1.82, 2.24) is 10.6 Å². The van der Waals surface area contributed by atoms with Crippen LogP contribution in [0.4, 0.5) is 0 Å². The predicted octanol–water partition coefficient (Wildman–Crippen LogP) is 1.05. The van der Waals surface area contributed by atoms with Crippen molar-refractivity contribution in [3.63, 3.8) is 0 Å². The van der Waals surface area contributed by atoms with E-state index in [1.165, 1.54) is 12.1 Å². The molecule has 1 aromatic carbocycles. The quantitative estimate of drug-likeness (QED) is 0.582. The van der Waals surface area contributed by atoms with Crippen LogP contribution in [-0.2, 0) is 9.59 Å². The number of carboxylic acids is 1. The van der Waals surface area contributed by atoms with Gasteiger partial charge >= 0.3 is 5.97 Å². The highest BCUT2D eigenvalue weighted by atomic mass is 35.5. The highest BCUT2D eigenvalue weighted by Crippen LogP contribution is 2.11. The average Bonchev–Trinajstić information content (AvgIpc) is 2.50. The molecule has 0 aliphatic heterocycles. The minimum absolute atomic E-state index is 0.240. The van der Waals surface area contributed by atoms with E-state index in [4.69, 9.17) is 16.7 Å². The van der Waals surface area contributed by atoms with Crippen LogP contribution < -0.4 is 10.6 Å². The fourth-order valence-electron chi connectivity index (χ4n) is 1.81. The number of nitrogens with one attached hydrogen (secondary N) is 2. The third-order valence-electron chi connectivity index (χ3n) is 3.41. The number of hydrogen-bond donors (Lipinski definition) is 4. The second kappa shape index (κ2) is 8.12. The molecule has 1 aromatic rings. The minimum Gasteiger partial charge on any atom is -0.479 e. The third kappa shape index (κ3) is 5.50. The zero-order valence-corrected chi connectivity index (χ0v) is 14.4. The van der Waals surface area contributed by atoms with Crippen LogP contribution in [0, 0.1) is 5.92 Å². The van der Waals surface area contributed by atoms with Gasteiger partial charge in [-0.15, -0.1) is 0 Å². The Kier molecular flexibility index (Phi) is 6.74. The molecule has 0 saturated heterocycles. The van der Waals surface area contributed by atoms with E-state index in [0.29, 0.717) is 10.6 Å². The average molecular weight is 357 g/mol. The summed E-state index contributed by atoms with van der Waals surface area (Å²) >= 11 is 5.77. The summed E-state index contributed by atoms with van der Waals surface area (Å²) in [5.41, 5.74) is -1.74. The van der Waals surface area contributed by atoms with Crippen molar-refractivity contribution >= 4 is 29.4 Å². The van der Waals surface area contributed by atoms with Gasteiger partial charge in [-0.2, -0.15) is 0 Å². The number of aliphatic hydroxyl groups is 1. The monoisotopic (exact) mass is 356 g/mol. The Bertz CT molecular complexity index is 613. The lowest BCUT2D eigenvalue weighted by Crippen LogP contribution is -2.54. The highest BCUT2D eigenvalue weighted by Gasteiger charge is 2.32. The van der Waals surface area contributed by atoms with E-state index in [1.807, 2.05) is 0 Å². The minimum atomic E-state index is -2.09. The van der Waals surface area contributed by atoms with E-state index in [1.54, 1.807) is 26.0 Å². The van der Waals surface area contributed by atoms with Crippen LogP contribution in [0.25, 0.3) is 0 Å². The molecule has 0 radical (unpaired) electrons. The van der Waals surface area contributed by atoms with Gasteiger partial charge in [0.15, 0.2) is 5.60 Å². The molecule has 8 heteroatoms. The Labute approximate surface area is 145 Å². The molecule has 24 heavy (non-hydrogen) atoms. The van der Waals surface area contributed by atoms with Crippen molar-refractivity contribution in [2.75, 3.05) is 6.54 Å². The molecule has 0 heterocycles. The molecule has 0 bridgehead atoms. The molecule has 0 aliphatic rings. The summed E-state index contributed by atoms with van der Waals surface area (Å²) in [7, 11) is 0. The lowest BCUT2D eigenvalue weighted by atomic mass is 10.0. The lowest BCUT2D eigenvalue weighted by Gasteiger charge is -2.24. The molecule has 0 aromatic heterocycles. The molecular formula is C16H21ClN2O5. The molecule has 2 unspecified atom stereocenters. The van der Waals surface area contributed by atoms with E-state index in [-0.39, 0.29) is 5.92 Å². The van der Waals surface area contributed by atoms with Crippen LogP contribution >= 0.6 is 11.6 Å². The summed E-state index contributed by atoms with van der Waals surface area (Å²) in [6.07, 6.45) is 0. The summed E-state index contributed by atoms with van der Waals surface area (Å²) in [6.45, 7) is 4.08.